The van der Waals surface area contributed by atoms with Crippen LogP contribution in [0.25, 0.3) is 0 Å². The minimum Gasteiger partial charge on any atom is -0.353 e. The second kappa shape index (κ2) is 6.70. The zero-order valence-corrected chi connectivity index (χ0v) is 15.5. The van der Waals surface area contributed by atoms with Crippen molar-refractivity contribution in [1.82, 2.24) is 9.80 Å². The number of halogens is 1. The van der Waals surface area contributed by atoms with E-state index in [0.717, 1.165) is 61.2 Å². The average Bonchev–Trinajstić information content (AvgIpc) is 2.79. The van der Waals surface area contributed by atoms with Gasteiger partial charge >= 0.3 is 0 Å². The Labute approximate surface area is 154 Å². The average molecular weight is 355 g/mol. The van der Waals surface area contributed by atoms with E-state index in [1.807, 2.05) is 18.2 Å². The number of benzene rings is 2. The predicted molar refractivity (Wildman–Crippen MR) is 106 cm³/mol. The molecular weight excluding hydrogens is 332 g/mol. The molecule has 1 N–H and O–H groups in total. The zero-order valence-electron chi connectivity index (χ0n) is 14.7. The van der Waals surface area contributed by atoms with E-state index in [1.165, 1.54) is 5.56 Å². The number of fused-ring (bicyclic) bond motifs is 2. The maximum Gasteiger partial charge on any atom is 0.138 e. The largest absolute Gasteiger partial charge is 0.353 e. The van der Waals surface area contributed by atoms with Crippen LogP contribution < -0.4 is 5.32 Å². The summed E-state index contributed by atoms with van der Waals surface area (Å²) in [5.74, 6) is 1.04. The van der Waals surface area contributed by atoms with Crippen molar-refractivity contribution < 1.29 is 0 Å². The standard InChI is InChI=1S/C20H23ClN4/c1-3-24-9-11-25(12-10-24)20-16-6-4-5-14(2)19(16)22-17-8-7-15(21)13-18(17)23-20/h4-8,13,22H,3,9-12H2,1-2H3. The lowest BCUT2D eigenvalue weighted by molar-refractivity contribution is 0.190. The fourth-order valence-corrected chi connectivity index (χ4v) is 3.72. The summed E-state index contributed by atoms with van der Waals surface area (Å²) < 4.78 is 0. The monoisotopic (exact) mass is 354 g/mol. The van der Waals surface area contributed by atoms with Crippen LogP contribution in [0.3, 0.4) is 0 Å². The van der Waals surface area contributed by atoms with Crippen LogP contribution in [0.15, 0.2) is 41.4 Å². The molecule has 0 amide bonds. The molecule has 4 nitrogen and oxygen atoms in total. The summed E-state index contributed by atoms with van der Waals surface area (Å²) in [6.07, 6.45) is 0. The van der Waals surface area contributed by atoms with Crippen LogP contribution in [0, 0.1) is 6.92 Å². The van der Waals surface area contributed by atoms with Crippen molar-refractivity contribution in [3.8, 4) is 0 Å². The minimum absolute atomic E-state index is 0.710. The Bertz CT molecular complexity index is 822. The van der Waals surface area contributed by atoms with Gasteiger partial charge in [-0.3, -0.25) is 0 Å². The molecular formula is C20H23ClN4. The highest BCUT2D eigenvalue weighted by Crippen LogP contribution is 2.37. The molecule has 0 bridgehead atoms. The van der Waals surface area contributed by atoms with Crippen LogP contribution in [0.2, 0.25) is 5.02 Å². The lowest BCUT2D eigenvalue weighted by Gasteiger charge is -2.36. The topological polar surface area (TPSA) is 30.9 Å². The van der Waals surface area contributed by atoms with Gasteiger partial charge in [0.05, 0.1) is 17.1 Å². The number of nitrogens with zero attached hydrogens (tertiary/aromatic N) is 3. The molecule has 2 heterocycles. The number of nitrogens with one attached hydrogen (secondary N) is 1. The number of anilines is 2. The van der Waals surface area contributed by atoms with E-state index in [4.69, 9.17) is 16.6 Å². The second-order valence-electron chi connectivity index (χ2n) is 6.64. The summed E-state index contributed by atoms with van der Waals surface area (Å²) in [5, 5.41) is 4.29. The van der Waals surface area contributed by atoms with E-state index in [0.29, 0.717) is 5.02 Å². The fraction of sp³-hybridized carbons (Fsp3) is 0.350. The van der Waals surface area contributed by atoms with Gasteiger partial charge in [0.25, 0.3) is 0 Å². The summed E-state index contributed by atoms with van der Waals surface area (Å²) in [5.41, 5.74) is 5.43. The Hall–Kier alpha value is -2.04. The van der Waals surface area contributed by atoms with Crippen molar-refractivity contribution in [3.05, 3.63) is 52.5 Å². The first-order chi connectivity index (χ1) is 12.2. The summed E-state index contributed by atoms with van der Waals surface area (Å²) in [6.45, 7) is 9.61. The maximum atomic E-state index is 6.23. The molecule has 2 aromatic carbocycles. The van der Waals surface area contributed by atoms with Crippen molar-refractivity contribution in [2.45, 2.75) is 13.8 Å². The van der Waals surface area contributed by atoms with Crippen LogP contribution in [-0.2, 0) is 0 Å². The number of para-hydroxylation sites is 1. The Morgan fingerprint density at radius 3 is 2.68 bits per heavy atom. The maximum absolute atomic E-state index is 6.23. The molecule has 130 valence electrons. The van der Waals surface area contributed by atoms with Crippen LogP contribution in [-0.4, -0.2) is 48.4 Å². The quantitative estimate of drug-likeness (QED) is 0.822. The first kappa shape index (κ1) is 16.4. The first-order valence-corrected chi connectivity index (χ1v) is 9.26. The Morgan fingerprint density at radius 1 is 1.12 bits per heavy atom. The van der Waals surface area contributed by atoms with Gasteiger partial charge in [0, 0.05) is 36.8 Å². The van der Waals surface area contributed by atoms with Gasteiger partial charge < -0.3 is 15.1 Å². The zero-order chi connectivity index (χ0) is 17.4. The van der Waals surface area contributed by atoms with E-state index in [1.54, 1.807) is 0 Å². The number of aryl methyl sites for hydroxylation is 1. The van der Waals surface area contributed by atoms with Gasteiger partial charge in [0.1, 0.15) is 5.84 Å². The molecule has 0 radical (unpaired) electrons. The minimum atomic E-state index is 0.710. The molecule has 1 fully saturated rings. The molecule has 2 aromatic rings. The number of likely N-dealkylation sites (N-methyl/N-ethyl adjacent to an activating group) is 1. The summed E-state index contributed by atoms with van der Waals surface area (Å²) >= 11 is 6.23. The van der Waals surface area contributed by atoms with Gasteiger partial charge in [-0.05, 0) is 43.3 Å². The molecule has 0 spiro atoms. The third kappa shape index (κ3) is 3.12. The van der Waals surface area contributed by atoms with Gasteiger partial charge in [-0.25, -0.2) is 4.99 Å². The number of hydrogen-bond donors (Lipinski definition) is 1. The Balaban J connectivity index is 1.81. The molecule has 0 aromatic heterocycles. The van der Waals surface area contributed by atoms with Gasteiger partial charge in [0.2, 0.25) is 0 Å². The third-order valence-corrected chi connectivity index (χ3v) is 5.31. The molecule has 2 aliphatic rings. The van der Waals surface area contributed by atoms with E-state index in [2.05, 4.69) is 47.2 Å². The molecule has 5 heteroatoms. The highest BCUT2D eigenvalue weighted by atomic mass is 35.5. The number of rotatable bonds is 1. The summed E-state index contributed by atoms with van der Waals surface area (Å²) in [4.78, 5) is 9.92. The smallest absolute Gasteiger partial charge is 0.138 e. The molecule has 0 unspecified atom stereocenters. The van der Waals surface area contributed by atoms with Gasteiger partial charge in [-0.2, -0.15) is 0 Å². The number of amidine groups is 1. The normalized spacial score (nSPS) is 17.2. The number of aliphatic imine (C=N–C) groups is 1. The highest BCUT2D eigenvalue weighted by molar-refractivity contribution is 6.31. The van der Waals surface area contributed by atoms with Gasteiger partial charge in [-0.1, -0.05) is 30.7 Å². The molecule has 4 rings (SSSR count). The SMILES string of the molecule is CCN1CCN(C2=Nc3cc(Cl)ccc3Nc3c(C)cccc32)CC1. The summed E-state index contributed by atoms with van der Waals surface area (Å²) in [6, 6.07) is 12.3. The van der Waals surface area contributed by atoms with E-state index in [9.17, 15) is 0 Å². The molecule has 1 saturated heterocycles. The van der Waals surface area contributed by atoms with Crippen molar-refractivity contribution >= 4 is 34.5 Å². The Morgan fingerprint density at radius 2 is 1.92 bits per heavy atom. The van der Waals surface area contributed by atoms with Crippen molar-refractivity contribution in [2.24, 2.45) is 4.99 Å². The molecule has 0 aliphatic carbocycles. The third-order valence-electron chi connectivity index (χ3n) is 5.08. The highest BCUT2D eigenvalue weighted by Gasteiger charge is 2.25. The molecule has 0 saturated carbocycles. The van der Waals surface area contributed by atoms with E-state index >= 15 is 0 Å². The predicted octanol–water partition coefficient (Wildman–Crippen LogP) is 4.42. The first-order valence-electron chi connectivity index (χ1n) is 8.88. The van der Waals surface area contributed by atoms with E-state index in [-0.39, 0.29) is 0 Å². The van der Waals surface area contributed by atoms with Crippen molar-refractivity contribution in [1.29, 1.82) is 0 Å². The molecule has 0 atom stereocenters. The van der Waals surface area contributed by atoms with Crippen LogP contribution in [0.5, 0.6) is 0 Å². The van der Waals surface area contributed by atoms with Crippen molar-refractivity contribution in [2.75, 3.05) is 38.0 Å². The molecule has 25 heavy (non-hydrogen) atoms. The van der Waals surface area contributed by atoms with Gasteiger partial charge in [-0.15, -0.1) is 0 Å². The van der Waals surface area contributed by atoms with E-state index < -0.39 is 0 Å². The Kier molecular flexibility index (Phi) is 4.40. The number of piperazine rings is 1. The lowest BCUT2D eigenvalue weighted by atomic mass is 10.1. The van der Waals surface area contributed by atoms with Gasteiger partial charge in [0.15, 0.2) is 0 Å². The lowest BCUT2D eigenvalue weighted by Crippen LogP contribution is -2.48. The fourth-order valence-electron chi connectivity index (χ4n) is 3.55. The number of hydrogen-bond acceptors (Lipinski definition) is 4. The van der Waals surface area contributed by atoms with Crippen LogP contribution in [0.1, 0.15) is 18.1 Å². The molecule has 2 aliphatic heterocycles. The van der Waals surface area contributed by atoms with Crippen LogP contribution in [0.4, 0.5) is 17.1 Å². The second-order valence-corrected chi connectivity index (χ2v) is 7.08. The summed E-state index contributed by atoms with van der Waals surface area (Å²) in [7, 11) is 0. The van der Waals surface area contributed by atoms with Crippen molar-refractivity contribution in [3.63, 3.8) is 0 Å². The van der Waals surface area contributed by atoms with Crippen LogP contribution >= 0.6 is 11.6 Å².